The summed E-state index contributed by atoms with van der Waals surface area (Å²) in [6.07, 6.45) is 0. The molecule has 318 valence electrons. The maximum atomic E-state index is 4.47. The highest BCUT2D eigenvalue weighted by Crippen LogP contribution is 2.55. The first-order chi connectivity index (χ1) is 32.5. The van der Waals surface area contributed by atoms with Crippen LogP contribution in [0.15, 0.2) is 272 Å². The molecule has 0 aliphatic carbocycles. The quantitative estimate of drug-likeness (QED) is 0.0614. The van der Waals surface area contributed by atoms with Gasteiger partial charge in [0.15, 0.2) is 0 Å². The molecule has 0 aliphatic rings. The lowest BCUT2D eigenvalue weighted by Gasteiger charge is -2.26. The second-order valence-corrected chi connectivity index (χ2v) is 22.7. The van der Waals surface area contributed by atoms with Crippen molar-refractivity contribution in [3.8, 4) is 0 Å². The van der Waals surface area contributed by atoms with Crippen LogP contribution in [0.3, 0.4) is 0 Å². The molecule has 9 aromatic rings. The fraction of sp³-hybridized carbons (Fsp3) is 0.0476. The minimum Gasteiger partial charge on any atom is -0.101 e. The summed E-state index contributed by atoms with van der Waals surface area (Å²) in [5.74, 6) is 0. The lowest BCUT2D eigenvalue weighted by Crippen LogP contribution is -2.15. The molecule has 0 heterocycles. The smallest absolute Gasteiger partial charge is 0.0427 e. The van der Waals surface area contributed by atoms with Gasteiger partial charge in [0.2, 0.25) is 0 Å². The molecule has 0 aromatic heterocycles. The van der Waals surface area contributed by atoms with E-state index in [9.17, 15) is 0 Å². The topological polar surface area (TPSA) is 0 Å². The Kier molecular flexibility index (Phi) is 14.5. The van der Waals surface area contributed by atoms with Crippen molar-refractivity contribution in [2.45, 2.75) is 20.8 Å². The molecule has 66 heavy (non-hydrogen) atoms. The first kappa shape index (κ1) is 44.5. The van der Waals surface area contributed by atoms with Gasteiger partial charge in [0.05, 0.1) is 0 Å². The fourth-order valence-electron chi connectivity index (χ4n) is 8.07. The van der Waals surface area contributed by atoms with Crippen molar-refractivity contribution in [2.24, 2.45) is 0 Å². The molecule has 0 bridgehead atoms. The Hall–Kier alpha value is -6.69. The lowest BCUT2D eigenvalue weighted by molar-refractivity contribution is 1.45. The van der Waals surface area contributed by atoms with Crippen LogP contribution in [0.4, 0.5) is 0 Å². The number of aryl methyl sites for hydroxylation is 3. The SMILES string of the molecule is Cc1ccc(C(=C=C(c2ccc(C)cc2)P(c2ccccc2)c2ccccc2)C(=C=C(c2ccc(C)cc2)P(c2ccccc2)c2ccccc2)P(c2ccccc2)c2ccccc2)cc1. The van der Waals surface area contributed by atoms with Gasteiger partial charge in [-0.2, -0.15) is 0 Å². The molecule has 0 radical (unpaired) electrons. The summed E-state index contributed by atoms with van der Waals surface area (Å²) in [5.41, 5.74) is 17.0. The highest BCUT2D eigenvalue weighted by molar-refractivity contribution is 7.83. The molecule has 0 amide bonds. The van der Waals surface area contributed by atoms with Crippen LogP contribution in [0.25, 0.3) is 16.2 Å². The Morgan fingerprint density at radius 1 is 0.258 bits per heavy atom. The summed E-state index contributed by atoms with van der Waals surface area (Å²) >= 11 is 0. The Labute approximate surface area is 395 Å². The first-order valence-corrected chi connectivity index (χ1v) is 26.5. The summed E-state index contributed by atoms with van der Waals surface area (Å²) in [6.45, 7) is 6.51. The molecule has 0 atom stereocenters. The van der Waals surface area contributed by atoms with Gasteiger partial charge in [-0.1, -0.05) is 271 Å². The third kappa shape index (κ3) is 10.5. The van der Waals surface area contributed by atoms with E-state index >= 15 is 0 Å². The van der Waals surface area contributed by atoms with Crippen molar-refractivity contribution >= 4 is 71.8 Å². The number of rotatable bonds is 13. The number of allylic oxidation sites excluding steroid dienone is 2. The Balaban J connectivity index is 1.54. The van der Waals surface area contributed by atoms with Gasteiger partial charge in [-0.3, -0.25) is 0 Å². The average Bonchev–Trinajstić information content (AvgIpc) is 3.37. The van der Waals surface area contributed by atoms with Gasteiger partial charge >= 0.3 is 0 Å². The van der Waals surface area contributed by atoms with Crippen LogP contribution < -0.4 is 31.8 Å². The third-order valence-corrected chi connectivity index (χ3v) is 18.8. The standard InChI is InChI=1S/C63H51P3/c1-48-34-40-51(41-35-48)60(46-61(52-42-36-49(2)37-43-52)64(54-22-10-4-11-23-54)55-24-12-5-13-25-55)63(66(58-30-18-8-19-31-58)59-32-20-9-21-33-59)47-62(53-44-38-50(3)39-45-53)65(56-26-14-6-15-27-56)57-28-16-7-17-29-57/h4-45H,1-3H3. The zero-order chi connectivity index (χ0) is 45.1. The minimum atomic E-state index is -1.22. The van der Waals surface area contributed by atoms with Gasteiger partial charge in [0.25, 0.3) is 0 Å². The first-order valence-electron chi connectivity index (χ1n) is 22.4. The van der Waals surface area contributed by atoms with Crippen LogP contribution in [-0.4, -0.2) is 0 Å². The summed E-state index contributed by atoms with van der Waals surface area (Å²) < 4.78 is 0. The average molecular weight is 901 g/mol. The van der Waals surface area contributed by atoms with Crippen molar-refractivity contribution in [3.63, 3.8) is 0 Å². The van der Waals surface area contributed by atoms with E-state index in [1.165, 1.54) is 59.1 Å². The zero-order valence-corrected chi connectivity index (χ0v) is 40.3. The van der Waals surface area contributed by atoms with E-state index in [2.05, 4.69) is 287 Å². The van der Waals surface area contributed by atoms with Crippen LogP contribution in [0.1, 0.15) is 33.4 Å². The van der Waals surface area contributed by atoms with Gasteiger partial charge in [-0.05, 0) is 93.1 Å². The molecule has 0 fully saturated rings. The summed E-state index contributed by atoms with van der Waals surface area (Å²) in [7, 11) is -3.40. The van der Waals surface area contributed by atoms with Gasteiger partial charge in [0.1, 0.15) is 0 Å². The Bertz CT molecular complexity index is 3000. The van der Waals surface area contributed by atoms with Crippen LogP contribution in [0, 0.1) is 20.8 Å². The van der Waals surface area contributed by atoms with E-state index in [0.29, 0.717) is 0 Å². The van der Waals surface area contributed by atoms with E-state index in [1.54, 1.807) is 0 Å². The molecule has 0 unspecified atom stereocenters. The van der Waals surface area contributed by atoms with Crippen molar-refractivity contribution < 1.29 is 0 Å². The molecule has 0 aliphatic heterocycles. The zero-order valence-electron chi connectivity index (χ0n) is 37.6. The highest BCUT2D eigenvalue weighted by atomic mass is 31.1. The molecule has 0 saturated carbocycles. The molecule has 9 rings (SSSR count). The van der Waals surface area contributed by atoms with E-state index in [4.69, 9.17) is 0 Å². The van der Waals surface area contributed by atoms with Gasteiger partial charge < -0.3 is 0 Å². The summed E-state index contributed by atoms with van der Waals surface area (Å²) in [4.78, 5) is 0. The molecule has 0 N–H and O–H groups in total. The lowest BCUT2D eigenvalue weighted by atomic mass is 10.0. The predicted octanol–water partition coefficient (Wildman–Crippen LogP) is 14.6. The highest BCUT2D eigenvalue weighted by Gasteiger charge is 2.28. The third-order valence-electron chi connectivity index (χ3n) is 11.5. The monoisotopic (exact) mass is 900 g/mol. The Morgan fingerprint density at radius 2 is 0.500 bits per heavy atom. The number of benzene rings is 9. The number of hydrogen-bond donors (Lipinski definition) is 0. The van der Waals surface area contributed by atoms with Crippen molar-refractivity contribution in [1.82, 2.24) is 0 Å². The molecule has 0 spiro atoms. The molecular weight excluding hydrogens is 850 g/mol. The fourth-order valence-corrected chi connectivity index (χ4v) is 15.3. The largest absolute Gasteiger partial charge is 0.101 e. The summed E-state index contributed by atoms with van der Waals surface area (Å²) in [6, 6.07) is 93.7. The predicted molar refractivity (Wildman–Crippen MR) is 292 cm³/mol. The second-order valence-electron chi connectivity index (χ2n) is 16.3. The van der Waals surface area contributed by atoms with Crippen molar-refractivity contribution in [2.75, 3.05) is 0 Å². The van der Waals surface area contributed by atoms with E-state index < -0.39 is 23.8 Å². The van der Waals surface area contributed by atoms with Gasteiger partial charge in [-0.15, -0.1) is 11.5 Å². The van der Waals surface area contributed by atoms with E-state index in [-0.39, 0.29) is 0 Å². The molecule has 9 aromatic carbocycles. The minimum absolute atomic E-state index is 1.05. The maximum Gasteiger partial charge on any atom is 0.0427 e. The van der Waals surface area contributed by atoms with E-state index in [0.717, 1.165) is 27.6 Å². The maximum absolute atomic E-state index is 4.47. The van der Waals surface area contributed by atoms with Crippen molar-refractivity contribution in [3.05, 3.63) is 305 Å². The van der Waals surface area contributed by atoms with E-state index in [1.807, 2.05) is 0 Å². The number of hydrogen-bond acceptors (Lipinski definition) is 0. The van der Waals surface area contributed by atoms with Gasteiger partial charge in [0, 0.05) is 21.5 Å². The van der Waals surface area contributed by atoms with Crippen LogP contribution in [-0.2, 0) is 0 Å². The normalized spacial score (nSPS) is 10.9. The van der Waals surface area contributed by atoms with Crippen LogP contribution in [0.2, 0.25) is 0 Å². The van der Waals surface area contributed by atoms with Crippen LogP contribution >= 0.6 is 23.8 Å². The summed E-state index contributed by atoms with van der Waals surface area (Å²) in [5, 5.41) is 11.1. The molecule has 3 heteroatoms. The van der Waals surface area contributed by atoms with Gasteiger partial charge in [-0.25, -0.2) is 0 Å². The van der Waals surface area contributed by atoms with Crippen molar-refractivity contribution in [1.29, 1.82) is 0 Å². The second kappa shape index (κ2) is 21.5. The van der Waals surface area contributed by atoms with Crippen LogP contribution in [0.5, 0.6) is 0 Å². The molecule has 0 saturated heterocycles. The Morgan fingerprint density at radius 3 is 0.788 bits per heavy atom. The molecule has 0 nitrogen and oxygen atoms in total. The molecular formula is C63H51P3.